The third-order valence-electron chi connectivity index (χ3n) is 3.07. The number of primary sulfonamides is 1. The van der Waals surface area contributed by atoms with Gasteiger partial charge >= 0.3 is 0 Å². The van der Waals surface area contributed by atoms with Gasteiger partial charge in [-0.2, -0.15) is 5.10 Å². The number of aromatic amines is 1. The molecule has 1 aliphatic carbocycles. The average molecular weight is 272 g/mol. The van der Waals surface area contributed by atoms with E-state index in [1.165, 1.54) is 0 Å². The summed E-state index contributed by atoms with van der Waals surface area (Å²) in [7, 11) is -3.96. The van der Waals surface area contributed by atoms with Crippen LogP contribution in [-0.2, 0) is 16.4 Å². The van der Waals surface area contributed by atoms with Crippen LogP contribution in [-0.4, -0.2) is 30.6 Å². The van der Waals surface area contributed by atoms with Crippen LogP contribution in [0.3, 0.4) is 0 Å². The summed E-state index contributed by atoms with van der Waals surface area (Å²) >= 11 is 0. The Bertz CT molecular complexity index is 578. The van der Waals surface area contributed by atoms with Gasteiger partial charge in [0.1, 0.15) is 4.90 Å². The smallest absolute Gasteiger partial charge is 0.273 e. The lowest BCUT2D eigenvalue weighted by molar-refractivity contribution is 0.0941. The minimum Gasteiger partial charge on any atom is -0.348 e. The molecule has 1 aromatic heterocycles. The fourth-order valence-corrected chi connectivity index (χ4v) is 2.77. The molecule has 1 fully saturated rings. The molecular formula is C10H16N4O3S. The number of nitrogens with two attached hydrogens (primary N) is 1. The van der Waals surface area contributed by atoms with Crippen LogP contribution in [0, 0.1) is 5.92 Å². The number of amides is 1. The number of carbonyl (C=O) groups excluding carboxylic acids is 1. The number of nitrogens with zero attached hydrogens (tertiary/aromatic N) is 1. The average Bonchev–Trinajstić information content (AvgIpc) is 2.82. The molecule has 2 unspecified atom stereocenters. The van der Waals surface area contributed by atoms with E-state index in [-0.39, 0.29) is 16.6 Å². The number of sulfonamides is 1. The maximum atomic E-state index is 11.9. The highest BCUT2D eigenvalue weighted by Gasteiger charge is 2.36. The van der Waals surface area contributed by atoms with E-state index in [1.807, 2.05) is 6.92 Å². The van der Waals surface area contributed by atoms with E-state index >= 15 is 0 Å². The second kappa shape index (κ2) is 4.36. The molecule has 0 saturated heterocycles. The first-order valence-electron chi connectivity index (χ1n) is 5.75. The molecule has 0 aromatic carbocycles. The molecule has 18 heavy (non-hydrogen) atoms. The molecule has 7 nitrogen and oxygen atoms in total. The van der Waals surface area contributed by atoms with Crippen molar-refractivity contribution >= 4 is 15.9 Å². The number of hydrogen-bond donors (Lipinski definition) is 3. The molecule has 2 atom stereocenters. The van der Waals surface area contributed by atoms with E-state index in [9.17, 15) is 13.2 Å². The van der Waals surface area contributed by atoms with Gasteiger partial charge in [0.15, 0.2) is 5.69 Å². The summed E-state index contributed by atoms with van der Waals surface area (Å²) in [6.07, 6.45) is 1.31. The molecule has 8 heteroatoms. The highest BCUT2D eigenvalue weighted by molar-refractivity contribution is 7.89. The molecular weight excluding hydrogens is 256 g/mol. The molecule has 1 aromatic rings. The van der Waals surface area contributed by atoms with E-state index in [1.54, 1.807) is 6.92 Å². The van der Waals surface area contributed by atoms with Crippen molar-refractivity contribution in [3.63, 3.8) is 0 Å². The number of aromatic nitrogens is 2. The quantitative estimate of drug-likeness (QED) is 0.700. The molecule has 2 rings (SSSR count). The molecule has 0 aliphatic heterocycles. The monoisotopic (exact) mass is 272 g/mol. The second-order valence-electron chi connectivity index (χ2n) is 4.57. The first-order chi connectivity index (χ1) is 8.34. The molecule has 1 amide bonds. The number of nitrogens with one attached hydrogen (secondary N) is 2. The van der Waals surface area contributed by atoms with Gasteiger partial charge in [0, 0.05) is 6.04 Å². The normalized spacial score (nSPS) is 22.8. The first-order valence-corrected chi connectivity index (χ1v) is 7.30. The number of carbonyl (C=O) groups is 1. The Morgan fingerprint density at radius 1 is 1.61 bits per heavy atom. The van der Waals surface area contributed by atoms with Gasteiger partial charge in [0.05, 0.1) is 5.69 Å². The van der Waals surface area contributed by atoms with Crippen LogP contribution >= 0.6 is 0 Å². The standard InChI is InChI=1S/C10H16N4O3S/c1-3-6-9(18(11,16)17)8(14-13-6)10(15)12-7-4-5(7)2/h5,7H,3-4H2,1-2H3,(H,12,15)(H,13,14)(H2,11,16,17). The lowest BCUT2D eigenvalue weighted by atomic mass is 10.3. The Morgan fingerprint density at radius 3 is 2.67 bits per heavy atom. The SMILES string of the molecule is CCc1[nH]nc(C(=O)NC2CC2C)c1S(N)(=O)=O. The number of hydrogen-bond acceptors (Lipinski definition) is 4. The summed E-state index contributed by atoms with van der Waals surface area (Å²) in [6.45, 7) is 3.76. The van der Waals surface area contributed by atoms with Crippen LogP contribution in [0.1, 0.15) is 36.5 Å². The second-order valence-corrected chi connectivity index (χ2v) is 6.07. The Balaban J connectivity index is 2.33. The van der Waals surface area contributed by atoms with Crippen molar-refractivity contribution in [2.75, 3.05) is 0 Å². The van der Waals surface area contributed by atoms with Crippen molar-refractivity contribution < 1.29 is 13.2 Å². The minimum atomic E-state index is -3.96. The molecule has 100 valence electrons. The van der Waals surface area contributed by atoms with Crippen LogP contribution in [0.4, 0.5) is 0 Å². The summed E-state index contributed by atoms with van der Waals surface area (Å²) < 4.78 is 23.0. The zero-order valence-electron chi connectivity index (χ0n) is 10.2. The van der Waals surface area contributed by atoms with Crippen LogP contribution in [0.15, 0.2) is 4.90 Å². The summed E-state index contributed by atoms with van der Waals surface area (Å²) in [5, 5.41) is 14.2. The fraction of sp³-hybridized carbons (Fsp3) is 0.600. The number of aryl methyl sites for hydroxylation is 1. The Labute approximate surface area is 105 Å². The Morgan fingerprint density at radius 2 is 2.22 bits per heavy atom. The van der Waals surface area contributed by atoms with Crippen LogP contribution in [0.5, 0.6) is 0 Å². The van der Waals surface area contributed by atoms with Gasteiger partial charge < -0.3 is 5.32 Å². The van der Waals surface area contributed by atoms with Gasteiger partial charge in [-0.3, -0.25) is 9.89 Å². The maximum absolute atomic E-state index is 11.9. The van der Waals surface area contributed by atoms with E-state index in [0.29, 0.717) is 18.0 Å². The molecule has 4 N–H and O–H groups in total. The molecule has 1 saturated carbocycles. The summed E-state index contributed by atoms with van der Waals surface area (Å²) in [4.78, 5) is 11.7. The van der Waals surface area contributed by atoms with E-state index in [0.717, 1.165) is 6.42 Å². The molecule has 0 spiro atoms. The molecule has 0 bridgehead atoms. The van der Waals surface area contributed by atoms with Gasteiger partial charge in [-0.05, 0) is 18.8 Å². The fourth-order valence-electron chi connectivity index (χ4n) is 1.83. The lowest BCUT2D eigenvalue weighted by Crippen LogP contribution is -2.29. The van der Waals surface area contributed by atoms with Gasteiger partial charge in [-0.25, -0.2) is 13.6 Å². The predicted molar refractivity (Wildman–Crippen MR) is 64.4 cm³/mol. The highest BCUT2D eigenvalue weighted by atomic mass is 32.2. The van der Waals surface area contributed by atoms with Gasteiger partial charge in [-0.15, -0.1) is 0 Å². The van der Waals surface area contributed by atoms with E-state index in [4.69, 9.17) is 5.14 Å². The van der Waals surface area contributed by atoms with Crippen LogP contribution in [0.2, 0.25) is 0 Å². The van der Waals surface area contributed by atoms with E-state index < -0.39 is 15.9 Å². The Kier molecular flexibility index (Phi) is 3.16. The number of H-pyrrole nitrogens is 1. The zero-order chi connectivity index (χ0) is 13.5. The zero-order valence-corrected chi connectivity index (χ0v) is 11.0. The topological polar surface area (TPSA) is 118 Å². The third kappa shape index (κ3) is 2.39. The van der Waals surface area contributed by atoms with Crippen molar-refractivity contribution in [2.45, 2.75) is 37.6 Å². The van der Waals surface area contributed by atoms with Gasteiger partial charge in [0.25, 0.3) is 5.91 Å². The maximum Gasteiger partial charge on any atom is 0.273 e. The Hall–Kier alpha value is -1.41. The number of rotatable bonds is 4. The summed E-state index contributed by atoms with van der Waals surface area (Å²) in [5.41, 5.74) is 0.208. The van der Waals surface area contributed by atoms with Gasteiger partial charge in [-0.1, -0.05) is 13.8 Å². The van der Waals surface area contributed by atoms with Crippen LogP contribution in [0.25, 0.3) is 0 Å². The van der Waals surface area contributed by atoms with Crippen LogP contribution < -0.4 is 10.5 Å². The lowest BCUT2D eigenvalue weighted by Gasteiger charge is -2.03. The van der Waals surface area contributed by atoms with E-state index in [2.05, 4.69) is 15.5 Å². The minimum absolute atomic E-state index is 0.104. The van der Waals surface area contributed by atoms with Crippen molar-refractivity contribution in [3.05, 3.63) is 11.4 Å². The molecule has 0 radical (unpaired) electrons. The van der Waals surface area contributed by atoms with Crippen molar-refractivity contribution in [1.82, 2.24) is 15.5 Å². The third-order valence-corrected chi connectivity index (χ3v) is 4.08. The van der Waals surface area contributed by atoms with Gasteiger partial charge in [0.2, 0.25) is 10.0 Å². The van der Waals surface area contributed by atoms with Crippen molar-refractivity contribution in [2.24, 2.45) is 11.1 Å². The van der Waals surface area contributed by atoms with Crippen molar-refractivity contribution in [1.29, 1.82) is 0 Å². The summed E-state index contributed by atoms with van der Waals surface area (Å²) in [6, 6.07) is 0.104. The molecule has 1 aliphatic rings. The predicted octanol–water partition coefficient (Wildman–Crippen LogP) is -0.242. The first kappa shape index (κ1) is 13.0. The molecule has 1 heterocycles. The largest absolute Gasteiger partial charge is 0.348 e. The van der Waals surface area contributed by atoms with Crippen molar-refractivity contribution in [3.8, 4) is 0 Å². The highest BCUT2D eigenvalue weighted by Crippen LogP contribution is 2.29. The summed E-state index contributed by atoms with van der Waals surface area (Å²) in [5.74, 6) is -0.0687.